The number of unbranched alkanes of at least 4 members (excludes halogenated alkanes) is 5. The van der Waals surface area contributed by atoms with Gasteiger partial charge in [-0.15, -0.1) is 0 Å². The van der Waals surface area contributed by atoms with Gasteiger partial charge in [0.25, 0.3) is 0 Å². The van der Waals surface area contributed by atoms with E-state index in [0.29, 0.717) is 0 Å². The van der Waals surface area contributed by atoms with Gasteiger partial charge in [-0.25, -0.2) is 0 Å². The number of aryl methyl sites for hydroxylation is 1. The molecule has 26 heavy (non-hydrogen) atoms. The van der Waals surface area contributed by atoms with Crippen molar-refractivity contribution in [1.82, 2.24) is 0 Å². The average molecular weight is 351 g/mol. The van der Waals surface area contributed by atoms with Crippen LogP contribution in [0.15, 0.2) is 54.6 Å². The Kier molecular flexibility index (Phi) is 8.47. The Bertz CT molecular complexity index is 704. The number of rotatable bonds is 10. The third-order valence-corrected chi connectivity index (χ3v) is 4.40. The molecular formula is C23H29NO2. The molecule has 0 bridgehead atoms. The molecule has 2 N–H and O–H groups in total. The lowest BCUT2D eigenvalue weighted by molar-refractivity contribution is -0.111. The number of carbonyl (C=O) groups excluding carboxylic acids is 1. The topological polar surface area (TPSA) is 49.3 Å². The predicted octanol–water partition coefficient (Wildman–Crippen LogP) is 5.95. The molecule has 0 aromatic heterocycles. The third kappa shape index (κ3) is 7.14. The van der Waals surface area contributed by atoms with E-state index in [1.54, 1.807) is 30.3 Å². The monoisotopic (exact) mass is 351 g/mol. The quantitative estimate of drug-likeness (QED) is 0.410. The molecule has 2 aromatic rings. The maximum absolute atomic E-state index is 12.2. The van der Waals surface area contributed by atoms with Crippen LogP contribution in [0.25, 0.3) is 6.08 Å². The molecular weight excluding hydrogens is 322 g/mol. The first-order chi connectivity index (χ1) is 12.7. The number of carbonyl (C=O) groups is 1. The predicted molar refractivity (Wildman–Crippen MR) is 109 cm³/mol. The van der Waals surface area contributed by atoms with Gasteiger partial charge < -0.3 is 10.4 Å². The molecule has 0 heterocycles. The molecule has 0 aliphatic heterocycles. The van der Waals surface area contributed by atoms with Crippen LogP contribution in [0.3, 0.4) is 0 Å². The van der Waals surface area contributed by atoms with Crippen molar-refractivity contribution in [3.8, 4) is 5.75 Å². The smallest absolute Gasteiger partial charge is 0.248 e. The summed E-state index contributed by atoms with van der Waals surface area (Å²) in [7, 11) is 0. The fourth-order valence-electron chi connectivity index (χ4n) is 2.89. The molecule has 3 heteroatoms. The van der Waals surface area contributed by atoms with Gasteiger partial charge >= 0.3 is 0 Å². The highest BCUT2D eigenvalue weighted by molar-refractivity contribution is 6.02. The van der Waals surface area contributed by atoms with Crippen LogP contribution in [0.4, 0.5) is 5.69 Å². The van der Waals surface area contributed by atoms with Crippen molar-refractivity contribution >= 4 is 17.7 Å². The van der Waals surface area contributed by atoms with Gasteiger partial charge in [-0.05, 0) is 48.2 Å². The van der Waals surface area contributed by atoms with E-state index < -0.39 is 0 Å². The van der Waals surface area contributed by atoms with Crippen molar-refractivity contribution in [1.29, 1.82) is 0 Å². The standard InChI is InChI=1S/C23H29NO2/c1-2-3-4-5-6-7-10-20-11-8-9-12-22(20)24-23(26)18-15-19-13-16-21(25)17-14-19/h8-9,11-18,25H,2-7,10H2,1H3,(H,24,26)/b18-15+. The van der Waals surface area contributed by atoms with E-state index in [2.05, 4.69) is 18.3 Å². The fraction of sp³-hybridized carbons (Fsp3) is 0.348. The maximum Gasteiger partial charge on any atom is 0.248 e. The van der Waals surface area contributed by atoms with E-state index in [1.807, 2.05) is 18.2 Å². The van der Waals surface area contributed by atoms with E-state index >= 15 is 0 Å². The highest BCUT2D eigenvalue weighted by atomic mass is 16.3. The molecule has 3 nitrogen and oxygen atoms in total. The zero-order valence-corrected chi connectivity index (χ0v) is 15.6. The first-order valence-electron chi connectivity index (χ1n) is 9.55. The summed E-state index contributed by atoms with van der Waals surface area (Å²) in [5.74, 6) is 0.0729. The van der Waals surface area contributed by atoms with Gasteiger partial charge in [0, 0.05) is 11.8 Å². The number of nitrogens with one attached hydrogen (secondary N) is 1. The number of amides is 1. The summed E-state index contributed by atoms with van der Waals surface area (Å²) >= 11 is 0. The van der Waals surface area contributed by atoms with Crippen molar-refractivity contribution < 1.29 is 9.90 Å². The Hall–Kier alpha value is -2.55. The zero-order valence-electron chi connectivity index (χ0n) is 15.6. The normalized spacial score (nSPS) is 11.0. The number of phenols is 1. The number of benzene rings is 2. The number of hydrogen-bond donors (Lipinski definition) is 2. The molecule has 0 fully saturated rings. The first-order valence-corrected chi connectivity index (χ1v) is 9.55. The van der Waals surface area contributed by atoms with Crippen LogP contribution in [0.1, 0.15) is 56.6 Å². The summed E-state index contributed by atoms with van der Waals surface area (Å²) in [5.41, 5.74) is 2.95. The summed E-state index contributed by atoms with van der Waals surface area (Å²) in [6, 6.07) is 14.8. The Labute approximate surface area is 156 Å². The van der Waals surface area contributed by atoms with Crippen molar-refractivity contribution in [2.24, 2.45) is 0 Å². The molecule has 0 radical (unpaired) electrons. The molecule has 0 atom stereocenters. The molecule has 0 aliphatic carbocycles. The molecule has 138 valence electrons. The second-order valence-corrected chi connectivity index (χ2v) is 6.59. The van der Waals surface area contributed by atoms with E-state index in [9.17, 15) is 9.90 Å². The van der Waals surface area contributed by atoms with Gasteiger partial charge in [-0.1, -0.05) is 69.4 Å². The van der Waals surface area contributed by atoms with Crippen LogP contribution < -0.4 is 5.32 Å². The van der Waals surface area contributed by atoms with E-state index in [1.165, 1.54) is 43.7 Å². The van der Waals surface area contributed by atoms with Gasteiger partial charge in [-0.2, -0.15) is 0 Å². The second-order valence-electron chi connectivity index (χ2n) is 6.59. The van der Waals surface area contributed by atoms with Gasteiger partial charge in [0.1, 0.15) is 5.75 Å². The van der Waals surface area contributed by atoms with E-state index in [4.69, 9.17) is 0 Å². The molecule has 1 amide bonds. The second kappa shape index (κ2) is 11.1. The number of phenolic OH excluding ortho intramolecular Hbond substituents is 1. The number of hydrogen-bond acceptors (Lipinski definition) is 2. The summed E-state index contributed by atoms with van der Waals surface area (Å²) in [5, 5.41) is 12.3. The Morgan fingerprint density at radius 1 is 0.962 bits per heavy atom. The number of anilines is 1. The van der Waals surface area contributed by atoms with Gasteiger partial charge in [0.15, 0.2) is 0 Å². The van der Waals surface area contributed by atoms with Crippen LogP contribution in [0.5, 0.6) is 5.75 Å². The van der Waals surface area contributed by atoms with Crippen LogP contribution in [0, 0.1) is 0 Å². The van der Waals surface area contributed by atoms with Crippen LogP contribution in [-0.2, 0) is 11.2 Å². The van der Waals surface area contributed by atoms with Crippen molar-refractivity contribution in [2.75, 3.05) is 5.32 Å². The minimum absolute atomic E-state index is 0.145. The summed E-state index contributed by atoms with van der Waals surface area (Å²) in [6.45, 7) is 2.23. The first kappa shape index (κ1) is 19.8. The molecule has 0 aliphatic rings. The SMILES string of the molecule is CCCCCCCCc1ccccc1NC(=O)/C=C/c1ccc(O)cc1. The largest absolute Gasteiger partial charge is 0.508 e. The number of aromatic hydroxyl groups is 1. The lowest BCUT2D eigenvalue weighted by Crippen LogP contribution is -2.09. The lowest BCUT2D eigenvalue weighted by Gasteiger charge is -2.10. The zero-order chi connectivity index (χ0) is 18.6. The highest BCUT2D eigenvalue weighted by Crippen LogP contribution is 2.19. The molecule has 2 rings (SSSR count). The van der Waals surface area contributed by atoms with Crippen LogP contribution in [0.2, 0.25) is 0 Å². The summed E-state index contributed by atoms with van der Waals surface area (Å²) in [4.78, 5) is 12.2. The Morgan fingerprint density at radius 2 is 1.65 bits per heavy atom. The van der Waals surface area contributed by atoms with Gasteiger partial charge in [0.2, 0.25) is 5.91 Å². The maximum atomic E-state index is 12.2. The molecule has 0 spiro atoms. The Morgan fingerprint density at radius 3 is 2.42 bits per heavy atom. The van der Waals surface area contributed by atoms with Crippen molar-refractivity contribution in [2.45, 2.75) is 51.9 Å². The molecule has 0 saturated carbocycles. The fourth-order valence-corrected chi connectivity index (χ4v) is 2.89. The molecule has 0 saturated heterocycles. The summed E-state index contributed by atoms with van der Waals surface area (Å²) in [6.07, 6.45) is 11.8. The average Bonchev–Trinajstić information content (AvgIpc) is 2.65. The van der Waals surface area contributed by atoms with Crippen molar-refractivity contribution in [3.05, 3.63) is 65.7 Å². The van der Waals surface area contributed by atoms with Crippen LogP contribution in [-0.4, -0.2) is 11.0 Å². The minimum Gasteiger partial charge on any atom is -0.508 e. The molecule has 2 aromatic carbocycles. The lowest BCUT2D eigenvalue weighted by atomic mass is 10.0. The van der Waals surface area contributed by atoms with Crippen molar-refractivity contribution in [3.63, 3.8) is 0 Å². The highest BCUT2D eigenvalue weighted by Gasteiger charge is 2.04. The minimum atomic E-state index is -0.145. The molecule has 0 unspecified atom stereocenters. The number of para-hydroxylation sites is 1. The van der Waals surface area contributed by atoms with E-state index in [-0.39, 0.29) is 11.7 Å². The van der Waals surface area contributed by atoms with E-state index in [0.717, 1.165) is 24.1 Å². The summed E-state index contributed by atoms with van der Waals surface area (Å²) < 4.78 is 0. The van der Waals surface area contributed by atoms with Crippen LogP contribution >= 0.6 is 0 Å². The van der Waals surface area contributed by atoms with Gasteiger partial charge in [0.05, 0.1) is 0 Å². The Balaban J connectivity index is 1.86. The third-order valence-electron chi connectivity index (χ3n) is 4.40. The van der Waals surface area contributed by atoms with Gasteiger partial charge in [-0.3, -0.25) is 4.79 Å².